The van der Waals surface area contributed by atoms with Crippen LogP contribution in [0.3, 0.4) is 0 Å². The van der Waals surface area contributed by atoms with Gasteiger partial charge in [0.2, 0.25) is 5.95 Å². The van der Waals surface area contributed by atoms with E-state index in [1.54, 1.807) is 42.7 Å². The molecule has 0 atom stereocenters. The molecule has 0 aliphatic heterocycles. The quantitative estimate of drug-likeness (QED) is 0.187. The van der Waals surface area contributed by atoms with Gasteiger partial charge in [0.25, 0.3) is 10.0 Å². The zero-order valence-corrected chi connectivity index (χ0v) is 24.8. The van der Waals surface area contributed by atoms with Crippen LogP contribution < -0.4 is 14.9 Å². The lowest BCUT2D eigenvalue weighted by atomic mass is 9.93. The van der Waals surface area contributed by atoms with Gasteiger partial charge >= 0.3 is 0 Å². The third kappa shape index (κ3) is 6.32. The third-order valence-electron chi connectivity index (χ3n) is 7.75. The number of hydrogen-bond donors (Lipinski definition) is 3. The number of para-hydroxylation sites is 1. The summed E-state index contributed by atoms with van der Waals surface area (Å²) >= 11 is 0. The first-order valence-electron chi connectivity index (χ1n) is 14.6. The van der Waals surface area contributed by atoms with Crippen molar-refractivity contribution < 1.29 is 13.5 Å². The van der Waals surface area contributed by atoms with Crippen LogP contribution in [0.15, 0.2) is 96.2 Å². The molecule has 0 radical (unpaired) electrons. The Bertz CT molecular complexity index is 1770. The van der Waals surface area contributed by atoms with E-state index in [2.05, 4.69) is 15.6 Å². The van der Waals surface area contributed by atoms with Crippen molar-refractivity contribution in [3.05, 3.63) is 96.8 Å². The normalized spacial score (nSPS) is 17.1. The van der Waals surface area contributed by atoms with Crippen LogP contribution in [0.25, 0.3) is 11.2 Å². The average Bonchev–Trinajstić information content (AvgIpc) is 3.45. The van der Waals surface area contributed by atoms with Crippen LogP contribution in [-0.2, 0) is 23.1 Å². The molecule has 11 heteroatoms. The maximum absolute atomic E-state index is 13.9. The van der Waals surface area contributed by atoms with Gasteiger partial charge in [-0.15, -0.1) is 0 Å². The number of benzene rings is 3. The lowest BCUT2D eigenvalue weighted by Gasteiger charge is -2.26. The number of fused-ring (bicyclic) bond motifs is 1. The molecule has 0 unspecified atom stereocenters. The first-order valence-corrected chi connectivity index (χ1v) is 16.0. The predicted molar refractivity (Wildman–Crippen MR) is 169 cm³/mol. The molecule has 1 fully saturated rings. The molecule has 1 aliphatic rings. The highest BCUT2D eigenvalue weighted by molar-refractivity contribution is 7.92. The number of rotatable bonds is 10. The van der Waals surface area contributed by atoms with Crippen LogP contribution in [0.4, 0.5) is 23.1 Å². The summed E-state index contributed by atoms with van der Waals surface area (Å²) in [5.41, 5.74) is 3.49. The molecule has 0 amide bonds. The fourth-order valence-electron chi connectivity index (χ4n) is 5.36. The number of hydrogen-bond acceptors (Lipinski definition) is 8. The van der Waals surface area contributed by atoms with Crippen molar-refractivity contribution in [1.82, 2.24) is 19.5 Å². The van der Waals surface area contributed by atoms with Crippen molar-refractivity contribution in [2.75, 3.05) is 14.9 Å². The number of aryl methyl sites for hydroxylation is 1. The van der Waals surface area contributed by atoms with E-state index in [-0.39, 0.29) is 23.6 Å². The molecule has 0 saturated heterocycles. The standard InChI is InChI=1S/C32H35N7O3S/c1-2-38-22-33-29-30(36-32(37-31(29)38)35-25-13-17-27(40)18-14-25)34-24-15-19-28(20-16-24)43(41,42)39(26-11-7-4-8-12-26)21-23-9-5-3-6-10-23/h3-12,15-16,19-20,22,25,27,40H,2,13-14,17-18,21H2,1H3,(H2,34,35,36,37)/t25-,27-. The van der Waals surface area contributed by atoms with Crippen molar-refractivity contribution in [2.24, 2.45) is 0 Å². The van der Waals surface area contributed by atoms with Gasteiger partial charge < -0.3 is 20.3 Å². The van der Waals surface area contributed by atoms with Crippen LogP contribution in [0.2, 0.25) is 0 Å². The fourth-order valence-corrected chi connectivity index (χ4v) is 6.82. The largest absolute Gasteiger partial charge is 0.393 e. The lowest BCUT2D eigenvalue weighted by Crippen LogP contribution is -2.30. The van der Waals surface area contributed by atoms with Crippen LogP contribution in [0.5, 0.6) is 0 Å². The Labute approximate surface area is 251 Å². The van der Waals surface area contributed by atoms with Crippen molar-refractivity contribution in [1.29, 1.82) is 0 Å². The molecule has 0 bridgehead atoms. The Kier molecular flexibility index (Phi) is 8.26. The van der Waals surface area contributed by atoms with Gasteiger partial charge in [0.1, 0.15) is 0 Å². The highest BCUT2D eigenvalue weighted by Crippen LogP contribution is 2.29. The number of nitrogens with one attached hydrogen (secondary N) is 2. The summed E-state index contributed by atoms with van der Waals surface area (Å²) in [6.45, 7) is 2.94. The smallest absolute Gasteiger partial charge is 0.264 e. The van der Waals surface area contributed by atoms with E-state index in [9.17, 15) is 13.5 Å². The summed E-state index contributed by atoms with van der Waals surface area (Å²) in [6, 6.07) is 25.5. The molecule has 43 heavy (non-hydrogen) atoms. The van der Waals surface area contributed by atoms with Crippen LogP contribution >= 0.6 is 0 Å². The summed E-state index contributed by atoms with van der Waals surface area (Å²) in [5.74, 6) is 1.02. The third-order valence-corrected chi connectivity index (χ3v) is 9.54. The van der Waals surface area contributed by atoms with Crippen molar-refractivity contribution in [2.45, 2.75) is 62.7 Å². The second-order valence-corrected chi connectivity index (χ2v) is 12.6. The zero-order valence-electron chi connectivity index (χ0n) is 24.0. The summed E-state index contributed by atoms with van der Waals surface area (Å²) in [6.07, 6.45) is 4.69. The Morgan fingerprint density at radius 3 is 2.26 bits per heavy atom. The lowest BCUT2D eigenvalue weighted by molar-refractivity contribution is 0.126. The minimum absolute atomic E-state index is 0.180. The van der Waals surface area contributed by atoms with Gasteiger partial charge in [0.05, 0.1) is 29.6 Å². The highest BCUT2D eigenvalue weighted by atomic mass is 32.2. The summed E-state index contributed by atoms with van der Waals surface area (Å²) in [7, 11) is -3.87. The minimum Gasteiger partial charge on any atom is -0.393 e. The molecule has 1 aliphatic carbocycles. The van der Waals surface area contributed by atoms with Gasteiger partial charge in [-0.05, 0) is 74.6 Å². The number of nitrogens with zero attached hydrogens (tertiary/aromatic N) is 5. The van der Waals surface area contributed by atoms with Gasteiger partial charge in [0, 0.05) is 18.3 Å². The SMILES string of the molecule is CCn1cnc2c(Nc3ccc(S(=O)(=O)N(Cc4ccccc4)c4ccccc4)cc3)nc(N[C@H]3CC[C@H](O)CC3)nc21. The molecular weight excluding hydrogens is 562 g/mol. The van der Waals surface area contributed by atoms with Crippen LogP contribution in [0, 0.1) is 0 Å². The van der Waals surface area contributed by atoms with Gasteiger partial charge in [-0.25, -0.2) is 13.4 Å². The summed E-state index contributed by atoms with van der Waals surface area (Å²) in [4.78, 5) is 14.2. The minimum atomic E-state index is -3.87. The van der Waals surface area contributed by atoms with Gasteiger partial charge in [-0.1, -0.05) is 48.5 Å². The van der Waals surface area contributed by atoms with Crippen molar-refractivity contribution in [3.8, 4) is 0 Å². The molecule has 2 aromatic heterocycles. The van der Waals surface area contributed by atoms with Gasteiger partial charge in [-0.3, -0.25) is 4.31 Å². The van der Waals surface area contributed by atoms with E-state index in [1.165, 1.54) is 4.31 Å². The maximum atomic E-state index is 13.9. The van der Waals surface area contributed by atoms with Gasteiger partial charge in [0.15, 0.2) is 17.0 Å². The molecule has 3 aromatic carbocycles. The molecule has 222 valence electrons. The summed E-state index contributed by atoms with van der Waals surface area (Å²) < 4.78 is 31.2. The second kappa shape index (κ2) is 12.4. The van der Waals surface area contributed by atoms with E-state index in [0.717, 1.165) is 31.2 Å². The second-order valence-electron chi connectivity index (χ2n) is 10.7. The number of anilines is 4. The van der Waals surface area contributed by atoms with Crippen LogP contribution in [0.1, 0.15) is 38.2 Å². The number of aliphatic hydroxyl groups is 1. The summed E-state index contributed by atoms with van der Waals surface area (Å²) in [5, 5.41) is 16.7. The molecule has 6 rings (SSSR count). The molecule has 5 aromatic rings. The molecule has 3 N–H and O–H groups in total. The number of imidazole rings is 1. The monoisotopic (exact) mass is 597 g/mol. The van der Waals surface area contributed by atoms with E-state index < -0.39 is 10.0 Å². The van der Waals surface area contributed by atoms with Gasteiger partial charge in [-0.2, -0.15) is 9.97 Å². The van der Waals surface area contributed by atoms with E-state index in [4.69, 9.17) is 9.97 Å². The van der Waals surface area contributed by atoms with E-state index in [1.807, 2.05) is 60.0 Å². The Morgan fingerprint density at radius 1 is 0.907 bits per heavy atom. The zero-order chi connectivity index (χ0) is 29.8. The highest BCUT2D eigenvalue weighted by Gasteiger charge is 2.26. The molecule has 2 heterocycles. The number of sulfonamides is 1. The number of aliphatic hydroxyl groups excluding tert-OH is 1. The molecule has 0 spiro atoms. The van der Waals surface area contributed by atoms with E-state index >= 15 is 0 Å². The molecular formula is C32H35N7O3S. The molecule has 10 nitrogen and oxygen atoms in total. The van der Waals surface area contributed by atoms with E-state index in [0.29, 0.717) is 40.8 Å². The Balaban J connectivity index is 1.27. The van der Waals surface area contributed by atoms with Crippen LogP contribution in [-0.4, -0.2) is 45.2 Å². The predicted octanol–water partition coefficient (Wildman–Crippen LogP) is 5.70. The molecule has 1 saturated carbocycles. The topological polar surface area (TPSA) is 125 Å². The first kappa shape index (κ1) is 28.6. The number of aromatic nitrogens is 4. The average molecular weight is 598 g/mol. The Hall–Kier alpha value is -4.48. The van der Waals surface area contributed by atoms with Crippen molar-refractivity contribution >= 4 is 44.3 Å². The first-order chi connectivity index (χ1) is 20.9. The fraction of sp³-hybridized carbons (Fsp3) is 0.281. The van der Waals surface area contributed by atoms with Crippen molar-refractivity contribution in [3.63, 3.8) is 0 Å². The Morgan fingerprint density at radius 2 is 1.58 bits per heavy atom. The maximum Gasteiger partial charge on any atom is 0.264 e.